The molecule has 1 aromatic heterocycles. The second kappa shape index (κ2) is 7.41. The van der Waals surface area contributed by atoms with Crippen LogP contribution in [-0.4, -0.2) is 16.0 Å². The fourth-order valence-corrected chi connectivity index (χ4v) is 2.95. The van der Waals surface area contributed by atoms with Gasteiger partial charge in [0.25, 0.3) is 5.92 Å². The summed E-state index contributed by atoms with van der Waals surface area (Å²) in [6.45, 7) is 10.8. The fourth-order valence-electron chi connectivity index (χ4n) is 2.95. The third-order valence-corrected chi connectivity index (χ3v) is 4.81. The minimum absolute atomic E-state index is 0.184. The van der Waals surface area contributed by atoms with E-state index in [-0.39, 0.29) is 11.3 Å². The van der Waals surface area contributed by atoms with E-state index >= 15 is 0 Å². The molecule has 0 amide bonds. The Morgan fingerprint density at radius 3 is 2.50 bits per heavy atom. The summed E-state index contributed by atoms with van der Waals surface area (Å²) in [4.78, 5) is 8.50. The van der Waals surface area contributed by atoms with Gasteiger partial charge in [-0.2, -0.15) is 0 Å². The molecule has 0 saturated heterocycles. The molecule has 1 heterocycles. The standard InChI is InChI=1S/C19H27F2N3/c1-6-13(3)14(4)17-16(19(5,20)21)11-22-18(24-17)23-15-9-7-12(2)8-10-15/h6,11-12,15H,4,7-10H2,1-3,5H3,(H,22,23,24)/b13-6-/t12-,15-. The third kappa shape index (κ3) is 4.40. The predicted octanol–water partition coefficient (Wildman–Crippen LogP) is 5.56. The van der Waals surface area contributed by atoms with Crippen LogP contribution in [0, 0.1) is 5.92 Å². The van der Waals surface area contributed by atoms with E-state index in [9.17, 15) is 8.78 Å². The Labute approximate surface area is 143 Å². The smallest absolute Gasteiger partial charge is 0.274 e. The number of aromatic nitrogens is 2. The van der Waals surface area contributed by atoms with Crippen LogP contribution in [0.15, 0.2) is 24.4 Å². The number of hydrogen-bond donors (Lipinski definition) is 1. The molecule has 5 heteroatoms. The lowest BCUT2D eigenvalue weighted by molar-refractivity contribution is 0.0165. The van der Waals surface area contributed by atoms with Crippen LogP contribution in [0.5, 0.6) is 0 Å². The van der Waals surface area contributed by atoms with Crippen molar-refractivity contribution in [3.05, 3.63) is 35.7 Å². The van der Waals surface area contributed by atoms with Crippen molar-refractivity contribution in [1.82, 2.24) is 9.97 Å². The molecule has 132 valence electrons. The van der Waals surface area contributed by atoms with Crippen molar-refractivity contribution in [3.63, 3.8) is 0 Å². The molecule has 1 N–H and O–H groups in total. The number of nitrogens with zero attached hydrogens (tertiary/aromatic N) is 2. The summed E-state index contributed by atoms with van der Waals surface area (Å²) >= 11 is 0. The van der Waals surface area contributed by atoms with Gasteiger partial charge in [-0.25, -0.2) is 18.7 Å². The molecule has 0 aliphatic heterocycles. The monoisotopic (exact) mass is 335 g/mol. The molecule has 1 saturated carbocycles. The van der Waals surface area contributed by atoms with Gasteiger partial charge in [-0.05, 0) is 56.6 Å². The van der Waals surface area contributed by atoms with Gasteiger partial charge in [-0.15, -0.1) is 0 Å². The minimum Gasteiger partial charge on any atom is -0.351 e. The summed E-state index contributed by atoms with van der Waals surface area (Å²) in [5.41, 5.74) is 1.38. The second-order valence-corrected chi connectivity index (χ2v) is 6.90. The van der Waals surface area contributed by atoms with Crippen molar-refractivity contribution in [2.24, 2.45) is 5.92 Å². The number of hydrogen-bond acceptors (Lipinski definition) is 3. The van der Waals surface area contributed by atoms with E-state index in [1.807, 2.05) is 19.9 Å². The maximum Gasteiger partial charge on any atom is 0.274 e. The summed E-state index contributed by atoms with van der Waals surface area (Å²) in [6.07, 6.45) is 7.52. The second-order valence-electron chi connectivity index (χ2n) is 6.90. The minimum atomic E-state index is -3.01. The highest BCUT2D eigenvalue weighted by Crippen LogP contribution is 2.34. The van der Waals surface area contributed by atoms with Gasteiger partial charge in [0.15, 0.2) is 0 Å². The van der Waals surface area contributed by atoms with E-state index in [1.165, 1.54) is 19.0 Å². The summed E-state index contributed by atoms with van der Waals surface area (Å²) in [5.74, 6) is -1.86. The summed E-state index contributed by atoms with van der Waals surface area (Å²) in [5, 5.41) is 3.30. The van der Waals surface area contributed by atoms with Crippen LogP contribution < -0.4 is 5.32 Å². The molecule has 0 atom stereocenters. The van der Waals surface area contributed by atoms with E-state index in [2.05, 4.69) is 28.8 Å². The predicted molar refractivity (Wildman–Crippen MR) is 95.1 cm³/mol. The zero-order chi connectivity index (χ0) is 17.9. The number of rotatable bonds is 5. The highest BCUT2D eigenvalue weighted by atomic mass is 19.3. The average molecular weight is 335 g/mol. The molecule has 2 rings (SSSR count). The zero-order valence-electron chi connectivity index (χ0n) is 15.0. The molecule has 1 aromatic rings. The maximum atomic E-state index is 13.9. The Kier molecular flexibility index (Phi) is 5.73. The first-order chi connectivity index (χ1) is 11.2. The highest BCUT2D eigenvalue weighted by Gasteiger charge is 2.31. The summed E-state index contributed by atoms with van der Waals surface area (Å²) in [6, 6.07) is 0.304. The van der Waals surface area contributed by atoms with Crippen LogP contribution in [0.3, 0.4) is 0 Å². The van der Waals surface area contributed by atoms with Gasteiger partial charge >= 0.3 is 0 Å². The van der Waals surface area contributed by atoms with E-state index in [4.69, 9.17) is 0 Å². The van der Waals surface area contributed by atoms with E-state index in [1.54, 1.807) is 0 Å². The van der Waals surface area contributed by atoms with E-state index in [0.29, 0.717) is 17.6 Å². The van der Waals surface area contributed by atoms with Crippen molar-refractivity contribution in [2.75, 3.05) is 5.32 Å². The quantitative estimate of drug-likeness (QED) is 0.716. The topological polar surface area (TPSA) is 37.8 Å². The van der Waals surface area contributed by atoms with Crippen molar-refractivity contribution in [1.29, 1.82) is 0 Å². The normalized spacial score (nSPS) is 22.3. The molecule has 1 aliphatic carbocycles. The van der Waals surface area contributed by atoms with Gasteiger partial charge in [0.2, 0.25) is 5.95 Å². The van der Waals surface area contributed by atoms with Gasteiger partial charge in [0, 0.05) is 19.2 Å². The van der Waals surface area contributed by atoms with Crippen molar-refractivity contribution in [2.45, 2.75) is 65.3 Å². The number of alkyl halides is 2. The molecule has 0 aromatic carbocycles. The molecule has 1 aliphatic rings. The SMILES string of the molecule is C=C(/C(C)=C\C)c1nc(N[C@H]2CC[C@H](C)CC2)ncc1C(C)(F)F. The van der Waals surface area contributed by atoms with Crippen LogP contribution in [-0.2, 0) is 5.92 Å². The molecule has 1 fully saturated rings. The van der Waals surface area contributed by atoms with Gasteiger partial charge in [0.1, 0.15) is 0 Å². The molecule has 0 bridgehead atoms. The Morgan fingerprint density at radius 1 is 1.33 bits per heavy atom. The number of nitrogens with one attached hydrogen (secondary N) is 1. The Bertz CT molecular complexity index is 624. The lowest BCUT2D eigenvalue weighted by Crippen LogP contribution is -2.26. The Hall–Kier alpha value is -1.78. The van der Waals surface area contributed by atoms with Crippen molar-refractivity contribution < 1.29 is 8.78 Å². The molecular formula is C19H27F2N3. The Balaban J connectivity index is 2.30. The zero-order valence-corrected chi connectivity index (χ0v) is 15.0. The van der Waals surface area contributed by atoms with Crippen LogP contribution in [0.4, 0.5) is 14.7 Å². The molecule has 3 nitrogen and oxygen atoms in total. The largest absolute Gasteiger partial charge is 0.351 e. The van der Waals surface area contributed by atoms with E-state index < -0.39 is 5.92 Å². The molecule has 0 radical (unpaired) electrons. The number of allylic oxidation sites excluding steroid dienone is 3. The van der Waals surface area contributed by atoms with Gasteiger partial charge in [-0.1, -0.05) is 19.6 Å². The number of halogens is 2. The van der Waals surface area contributed by atoms with Crippen molar-refractivity contribution in [3.8, 4) is 0 Å². The number of anilines is 1. The summed E-state index contributed by atoms with van der Waals surface area (Å²) < 4.78 is 27.8. The van der Waals surface area contributed by atoms with Crippen LogP contribution in [0.2, 0.25) is 0 Å². The van der Waals surface area contributed by atoms with E-state index in [0.717, 1.165) is 31.3 Å². The van der Waals surface area contributed by atoms with Crippen molar-refractivity contribution >= 4 is 11.5 Å². The summed E-state index contributed by atoms with van der Waals surface area (Å²) in [7, 11) is 0. The third-order valence-electron chi connectivity index (χ3n) is 4.81. The average Bonchev–Trinajstić information content (AvgIpc) is 2.54. The Morgan fingerprint density at radius 2 is 1.96 bits per heavy atom. The molecule has 24 heavy (non-hydrogen) atoms. The maximum absolute atomic E-state index is 13.9. The van der Waals surface area contributed by atoms with Gasteiger partial charge in [0.05, 0.1) is 11.3 Å². The van der Waals surface area contributed by atoms with Crippen LogP contribution in [0.25, 0.3) is 5.57 Å². The van der Waals surface area contributed by atoms with Crippen LogP contribution >= 0.6 is 0 Å². The van der Waals surface area contributed by atoms with Crippen LogP contribution in [0.1, 0.15) is 64.6 Å². The molecule has 0 spiro atoms. The first kappa shape index (κ1) is 18.6. The van der Waals surface area contributed by atoms with Gasteiger partial charge in [-0.3, -0.25) is 0 Å². The van der Waals surface area contributed by atoms with Gasteiger partial charge < -0.3 is 5.32 Å². The molecular weight excluding hydrogens is 308 g/mol. The fraction of sp³-hybridized carbons (Fsp3) is 0.579. The lowest BCUT2D eigenvalue weighted by atomic mass is 9.87. The lowest BCUT2D eigenvalue weighted by Gasteiger charge is -2.27. The highest BCUT2D eigenvalue weighted by molar-refractivity contribution is 5.76. The molecule has 0 unspecified atom stereocenters. The first-order valence-corrected chi connectivity index (χ1v) is 8.56. The first-order valence-electron chi connectivity index (χ1n) is 8.56.